The van der Waals surface area contributed by atoms with Crippen molar-refractivity contribution in [3.8, 4) is 0 Å². The first-order chi connectivity index (χ1) is 2.94. The Labute approximate surface area is 58.4 Å². The first-order valence-corrected chi connectivity index (χ1v) is 3.58. The van der Waals surface area contributed by atoms with Gasteiger partial charge in [0.05, 0.1) is 4.29 Å². The molecular formula is C5H10BrCl. The van der Waals surface area contributed by atoms with Crippen LogP contribution in [0.15, 0.2) is 0 Å². The predicted molar refractivity (Wildman–Crippen MR) is 38.0 cm³/mol. The van der Waals surface area contributed by atoms with Gasteiger partial charge in [-0.1, -0.05) is 36.7 Å². The van der Waals surface area contributed by atoms with Gasteiger partial charge in [-0.05, 0) is 5.41 Å². The van der Waals surface area contributed by atoms with Gasteiger partial charge >= 0.3 is 0 Å². The molecule has 44 valence electrons. The molecule has 0 radical (unpaired) electrons. The summed E-state index contributed by atoms with van der Waals surface area (Å²) >= 11 is 8.93. The Morgan fingerprint density at radius 3 is 1.57 bits per heavy atom. The van der Waals surface area contributed by atoms with Crippen molar-refractivity contribution in [1.29, 1.82) is 0 Å². The fourth-order valence-corrected chi connectivity index (χ4v) is 0. The summed E-state index contributed by atoms with van der Waals surface area (Å²) in [5.41, 5.74) is 0.182. The van der Waals surface area contributed by atoms with Crippen LogP contribution in [0.1, 0.15) is 20.8 Å². The average molecular weight is 185 g/mol. The number of hydrogen-bond acceptors (Lipinski definition) is 0. The van der Waals surface area contributed by atoms with E-state index in [0.29, 0.717) is 0 Å². The first kappa shape index (κ1) is 7.77. The third-order valence-electron chi connectivity index (χ3n) is 0.655. The van der Waals surface area contributed by atoms with E-state index < -0.39 is 0 Å². The molecule has 0 bridgehead atoms. The van der Waals surface area contributed by atoms with E-state index >= 15 is 0 Å². The lowest BCUT2D eigenvalue weighted by molar-refractivity contribution is 0.460. The lowest BCUT2D eigenvalue weighted by atomic mass is 10.0. The SMILES string of the molecule is CC(C)(C)C(Cl)Br. The second-order valence-corrected chi connectivity index (χ2v) is 4.55. The van der Waals surface area contributed by atoms with E-state index in [0.717, 1.165) is 0 Å². The first-order valence-electron chi connectivity index (χ1n) is 2.23. The summed E-state index contributed by atoms with van der Waals surface area (Å²) in [6.45, 7) is 6.25. The van der Waals surface area contributed by atoms with Crippen LogP contribution < -0.4 is 0 Å². The third kappa shape index (κ3) is 3.36. The predicted octanol–water partition coefficient (Wildman–Crippen LogP) is 2.99. The van der Waals surface area contributed by atoms with Crippen LogP contribution >= 0.6 is 27.5 Å². The van der Waals surface area contributed by atoms with Crippen LogP contribution in [0.3, 0.4) is 0 Å². The molecule has 0 rings (SSSR count). The molecule has 0 spiro atoms. The van der Waals surface area contributed by atoms with Crippen molar-refractivity contribution in [2.75, 3.05) is 0 Å². The molecular weight excluding hydrogens is 175 g/mol. The van der Waals surface area contributed by atoms with Gasteiger partial charge < -0.3 is 0 Å². The summed E-state index contributed by atoms with van der Waals surface area (Å²) in [5.74, 6) is 0. The van der Waals surface area contributed by atoms with Crippen LogP contribution in [0.4, 0.5) is 0 Å². The van der Waals surface area contributed by atoms with Gasteiger partial charge in [0.15, 0.2) is 0 Å². The highest BCUT2D eigenvalue weighted by atomic mass is 79.9. The van der Waals surface area contributed by atoms with Gasteiger partial charge in [-0.3, -0.25) is 0 Å². The summed E-state index contributed by atoms with van der Waals surface area (Å²) in [6, 6.07) is 0. The maximum absolute atomic E-state index is 5.67. The minimum absolute atomic E-state index is 0.0833. The van der Waals surface area contributed by atoms with Gasteiger partial charge in [0.25, 0.3) is 0 Å². The fraction of sp³-hybridized carbons (Fsp3) is 1.00. The van der Waals surface area contributed by atoms with Crippen LogP contribution in [0.5, 0.6) is 0 Å². The van der Waals surface area contributed by atoms with Crippen LogP contribution in [-0.4, -0.2) is 4.29 Å². The summed E-state index contributed by atoms with van der Waals surface area (Å²) < 4.78 is 0.0833. The van der Waals surface area contributed by atoms with E-state index in [-0.39, 0.29) is 9.70 Å². The molecule has 0 fully saturated rings. The van der Waals surface area contributed by atoms with Crippen LogP contribution in [0.25, 0.3) is 0 Å². The minimum Gasteiger partial charge on any atom is -0.110 e. The van der Waals surface area contributed by atoms with Crippen molar-refractivity contribution in [2.45, 2.75) is 25.1 Å². The standard InChI is InChI=1S/C5H10BrCl/c1-5(2,3)4(6)7/h4H,1-3H3. The number of alkyl halides is 2. The van der Waals surface area contributed by atoms with E-state index in [4.69, 9.17) is 11.6 Å². The summed E-state index contributed by atoms with van der Waals surface area (Å²) in [7, 11) is 0. The largest absolute Gasteiger partial charge is 0.110 e. The molecule has 0 saturated heterocycles. The van der Waals surface area contributed by atoms with Gasteiger partial charge in [0, 0.05) is 0 Å². The zero-order valence-electron chi connectivity index (χ0n) is 4.83. The van der Waals surface area contributed by atoms with Crippen LogP contribution in [0, 0.1) is 5.41 Å². The number of rotatable bonds is 0. The van der Waals surface area contributed by atoms with Crippen molar-refractivity contribution in [2.24, 2.45) is 5.41 Å². The van der Waals surface area contributed by atoms with E-state index in [9.17, 15) is 0 Å². The van der Waals surface area contributed by atoms with Gasteiger partial charge in [-0.15, -0.1) is 11.6 Å². The third-order valence-corrected chi connectivity index (χ3v) is 2.68. The average Bonchev–Trinajstić information content (AvgIpc) is 1.31. The molecule has 7 heavy (non-hydrogen) atoms. The molecule has 0 aromatic heterocycles. The van der Waals surface area contributed by atoms with E-state index in [1.807, 2.05) is 0 Å². The van der Waals surface area contributed by atoms with Crippen LogP contribution in [0.2, 0.25) is 0 Å². The maximum atomic E-state index is 5.67. The lowest BCUT2D eigenvalue weighted by Crippen LogP contribution is -2.13. The molecule has 1 unspecified atom stereocenters. The lowest BCUT2D eigenvalue weighted by Gasteiger charge is -2.18. The highest BCUT2D eigenvalue weighted by Gasteiger charge is 2.17. The molecule has 0 N–H and O–H groups in total. The normalized spacial score (nSPS) is 16.7. The molecule has 0 aromatic rings. The van der Waals surface area contributed by atoms with Gasteiger partial charge in [-0.25, -0.2) is 0 Å². The molecule has 0 saturated carbocycles. The van der Waals surface area contributed by atoms with Crippen molar-refractivity contribution < 1.29 is 0 Å². The van der Waals surface area contributed by atoms with Gasteiger partial charge in [0.2, 0.25) is 0 Å². The Balaban J connectivity index is 3.54. The Bertz CT molecular complexity index is 53.6. The Morgan fingerprint density at radius 2 is 1.57 bits per heavy atom. The topological polar surface area (TPSA) is 0 Å². The highest BCUT2D eigenvalue weighted by molar-refractivity contribution is 9.10. The van der Waals surface area contributed by atoms with Crippen molar-refractivity contribution in [3.05, 3.63) is 0 Å². The molecule has 0 nitrogen and oxygen atoms in total. The number of hydrogen-bond donors (Lipinski definition) is 0. The highest BCUT2D eigenvalue weighted by Crippen LogP contribution is 2.28. The molecule has 0 aliphatic carbocycles. The minimum atomic E-state index is 0.0833. The Morgan fingerprint density at radius 1 is 1.43 bits per heavy atom. The van der Waals surface area contributed by atoms with E-state index in [1.165, 1.54) is 0 Å². The molecule has 1 atom stereocenters. The fourth-order valence-electron chi connectivity index (χ4n) is 0. The molecule has 0 heterocycles. The monoisotopic (exact) mass is 184 g/mol. The molecule has 0 aliphatic rings. The van der Waals surface area contributed by atoms with Gasteiger partial charge in [0.1, 0.15) is 0 Å². The summed E-state index contributed by atoms with van der Waals surface area (Å²) in [6.07, 6.45) is 0. The molecule has 2 heteroatoms. The summed E-state index contributed by atoms with van der Waals surface area (Å²) in [4.78, 5) is 0. The molecule has 0 amide bonds. The molecule has 0 aromatic carbocycles. The quantitative estimate of drug-likeness (QED) is 0.509. The zero-order chi connectivity index (χ0) is 6.08. The van der Waals surface area contributed by atoms with Crippen molar-refractivity contribution in [1.82, 2.24) is 0 Å². The Kier molecular flexibility index (Phi) is 2.62. The van der Waals surface area contributed by atoms with Crippen molar-refractivity contribution in [3.63, 3.8) is 0 Å². The van der Waals surface area contributed by atoms with Gasteiger partial charge in [-0.2, -0.15) is 0 Å². The second-order valence-electron chi connectivity index (χ2n) is 2.67. The van der Waals surface area contributed by atoms with E-state index in [1.54, 1.807) is 0 Å². The Hall–Kier alpha value is 0.770. The second kappa shape index (κ2) is 2.36. The van der Waals surface area contributed by atoms with Crippen LogP contribution in [-0.2, 0) is 0 Å². The van der Waals surface area contributed by atoms with E-state index in [2.05, 4.69) is 36.7 Å². The smallest absolute Gasteiger partial charge is 0.0934 e. The number of halogens is 2. The summed E-state index contributed by atoms with van der Waals surface area (Å²) in [5, 5.41) is 0. The molecule has 0 aliphatic heterocycles. The van der Waals surface area contributed by atoms with Crippen molar-refractivity contribution >= 4 is 27.5 Å². The zero-order valence-corrected chi connectivity index (χ0v) is 7.18. The maximum Gasteiger partial charge on any atom is 0.0934 e.